The van der Waals surface area contributed by atoms with Gasteiger partial charge in [0.2, 0.25) is 5.91 Å². The highest BCUT2D eigenvalue weighted by Crippen LogP contribution is 2.29. The Balaban J connectivity index is 1.34. The highest BCUT2D eigenvalue weighted by molar-refractivity contribution is 5.76. The van der Waals surface area contributed by atoms with Gasteiger partial charge in [-0.3, -0.25) is 9.78 Å². The molecular formula is C29H34N2O2. The lowest BCUT2D eigenvalue weighted by molar-refractivity contribution is -0.132. The molecule has 0 bridgehead atoms. The summed E-state index contributed by atoms with van der Waals surface area (Å²) in [6.07, 6.45) is 9.46. The summed E-state index contributed by atoms with van der Waals surface area (Å²) in [6.45, 7) is 1.86. The molecule has 0 aliphatic heterocycles. The van der Waals surface area contributed by atoms with Crippen molar-refractivity contribution in [1.82, 2.24) is 9.88 Å². The number of benzene rings is 2. The summed E-state index contributed by atoms with van der Waals surface area (Å²) in [5.41, 5.74) is 3.29. The van der Waals surface area contributed by atoms with Crippen LogP contribution >= 0.6 is 0 Å². The predicted octanol–water partition coefficient (Wildman–Crippen LogP) is 6.20. The van der Waals surface area contributed by atoms with Crippen LogP contribution in [0, 0.1) is 5.92 Å². The monoisotopic (exact) mass is 442 g/mol. The Morgan fingerprint density at radius 2 is 1.67 bits per heavy atom. The van der Waals surface area contributed by atoms with E-state index in [2.05, 4.69) is 29.2 Å². The number of hydrogen-bond donors (Lipinski definition) is 0. The molecule has 4 heteroatoms. The molecule has 4 nitrogen and oxygen atoms in total. The van der Waals surface area contributed by atoms with Crippen molar-refractivity contribution in [3.8, 4) is 5.75 Å². The van der Waals surface area contributed by atoms with Crippen LogP contribution in [-0.4, -0.2) is 22.3 Å². The zero-order chi connectivity index (χ0) is 22.7. The first kappa shape index (κ1) is 23.0. The van der Waals surface area contributed by atoms with Crippen LogP contribution < -0.4 is 4.74 Å². The molecule has 1 fully saturated rings. The minimum Gasteiger partial charge on any atom is -0.489 e. The third kappa shape index (κ3) is 7.45. The lowest BCUT2D eigenvalue weighted by atomic mass is 10.0. The first-order valence-corrected chi connectivity index (χ1v) is 12.2. The summed E-state index contributed by atoms with van der Waals surface area (Å²) >= 11 is 0. The van der Waals surface area contributed by atoms with E-state index >= 15 is 0 Å². The Morgan fingerprint density at radius 1 is 0.909 bits per heavy atom. The maximum Gasteiger partial charge on any atom is 0.222 e. The molecule has 0 atom stereocenters. The van der Waals surface area contributed by atoms with Crippen molar-refractivity contribution < 1.29 is 9.53 Å². The Morgan fingerprint density at radius 3 is 2.39 bits per heavy atom. The van der Waals surface area contributed by atoms with Crippen LogP contribution in [0.15, 0.2) is 79.0 Å². The second kappa shape index (κ2) is 12.2. The van der Waals surface area contributed by atoms with E-state index in [1.165, 1.54) is 25.7 Å². The highest BCUT2D eigenvalue weighted by Gasteiger charge is 2.19. The minimum absolute atomic E-state index is 0.252. The quantitative estimate of drug-likeness (QED) is 0.355. The molecule has 1 heterocycles. The molecule has 0 radical (unpaired) electrons. The number of ether oxygens (including phenoxy) is 1. The average molecular weight is 443 g/mol. The van der Waals surface area contributed by atoms with E-state index in [-0.39, 0.29) is 5.91 Å². The minimum atomic E-state index is 0.252. The maximum absolute atomic E-state index is 13.1. The van der Waals surface area contributed by atoms with Crippen molar-refractivity contribution in [2.24, 2.45) is 5.92 Å². The van der Waals surface area contributed by atoms with Gasteiger partial charge in [-0.2, -0.15) is 0 Å². The van der Waals surface area contributed by atoms with E-state index in [0.29, 0.717) is 26.1 Å². The molecule has 1 amide bonds. The molecule has 1 aliphatic rings. The van der Waals surface area contributed by atoms with Crippen molar-refractivity contribution in [3.05, 3.63) is 95.8 Å². The van der Waals surface area contributed by atoms with Crippen LogP contribution in [0.25, 0.3) is 0 Å². The largest absolute Gasteiger partial charge is 0.489 e. The smallest absolute Gasteiger partial charge is 0.222 e. The first-order valence-electron chi connectivity index (χ1n) is 12.2. The average Bonchev–Trinajstić information content (AvgIpc) is 3.39. The van der Waals surface area contributed by atoms with Gasteiger partial charge in [-0.05, 0) is 47.7 Å². The van der Waals surface area contributed by atoms with E-state index in [1.54, 1.807) is 0 Å². The number of hydrogen-bond acceptors (Lipinski definition) is 3. The van der Waals surface area contributed by atoms with Crippen molar-refractivity contribution in [2.75, 3.05) is 6.54 Å². The number of aromatic nitrogens is 1. The molecule has 1 saturated carbocycles. The zero-order valence-electron chi connectivity index (χ0n) is 19.4. The molecular weight excluding hydrogens is 408 g/mol. The second-order valence-corrected chi connectivity index (χ2v) is 8.99. The fourth-order valence-electron chi connectivity index (χ4n) is 4.52. The maximum atomic E-state index is 13.1. The van der Waals surface area contributed by atoms with Crippen LogP contribution in [0.1, 0.15) is 55.3 Å². The lowest BCUT2D eigenvalue weighted by Crippen LogP contribution is -2.32. The summed E-state index contributed by atoms with van der Waals surface area (Å²) in [5.74, 6) is 1.82. The number of carbonyl (C=O) groups excluding carboxylic acids is 1. The van der Waals surface area contributed by atoms with Gasteiger partial charge in [-0.15, -0.1) is 0 Å². The van der Waals surface area contributed by atoms with E-state index < -0.39 is 0 Å². The third-order valence-corrected chi connectivity index (χ3v) is 6.50. The molecule has 1 aromatic heterocycles. The zero-order valence-corrected chi connectivity index (χ0v) is 19.4. The topological polar surface area (TPSA) is 42.4 Å². The molecule has 0 unspecified atom stereocenters. The molecule has 0 saturated heterocycles. The van der Waals surface area contributed by atoms with Crippen LogP contribution in [0.2, 0.25) is 0 Å². The molecule has 172 valence electrons. The molecule has 2 aromatic carbocycles. The van der Waals surface area contributed by atoms with Gasteiger partial charge in [-0.1, -0.05) is 74.2 Å². The summed E-state index contributed by atoms with van der Waals surface area (Å²) in [7, 11) is 0. The fraction of sp³-hybridized carbons (Fsp3) is 0.379. The normalized spacial score (nSPS) is 13.7. The van der Waals surface area contributed by atoms with Gasteiger partial charge in [0.05, 0.1) is 0 Å². The van der Waals surface area contributed by atoms with Crippen molar-refractivity contribution in [2.45, 2.75) is 58.1 Å². The number of pyridine rings is 1. The summed E-state index contributed by atoms with van der Waals surface area (Å²) in [5, 5.41) is 0. The summed E-state index contributed by atoms with van der Waals surface area (Å²) in [4.78, 5) is 19.6. The molecule has 4 rings (SSSR count). The molecule has 33 heavy (non-hydrogen) atoms. The van der Waals surface area contributed by atoms with E-state index in [9.17, 15) is 4.79 Å². The van der Waals surface area contributed by atoms with Crippen molar-refractivity contribution in [3.63, 3.8) is 0 Å². The van der Waals surface area contributed by atoms with Crippen LogP contribution in [0.3, 0.4) is 0 Å². The van der Waals surface area contributed by atoms with E-state index in [0.717, 1.165) is 41.3 Å². The highest BCUT2D eigenvalue weighted by atomic mass is 16.5. The molecule has 3 aromatic rings. The van der Waals surface area contributed by atoms with Crippen LogP contribution in [-0.2, 0) is 24.4 Å². The number of nitrogens with zero attached hydrogens (tertiary/aromatic N) is 2. The van der Waals surface area contributed by atoms with Crippen LogP contribution in [0.4, 0.5) is 0 Å². The van der Waals surface area contributed by atoms with Gasteiger partial charge in [0, 0.05) is 37.8 Å². The van der Waals surface area contributed by atoms with Gasteiger partial charge in [0.15, 0.2) is 0 Å². The summed E-state index contributed by atoms with van der Waals surface area (Å²) in [6, 6.07) is 24.3. The number of amides is 1. The third-order valence-electron chi connectivity index (χ3n) is 6.50. The second-order valence-electron chi connectivity index (χ2n) is 8.99. The molecule has 1 aliphatic carbocycles. The SMILES string of the molecule is O=C(CCC1CCCC1)N(CCc1ccccn1)Cc1ccc(OCc2ccccc2)cc1. The van der Waals surface area contributed by atoms with Crippen molar-refractivity contribution >= 4 is 5.91 Å². The number of rotatable bonds is 11. The summed E-state index contributed by atoms with van der Waals surface area (Å²) < 4.78 is 5.91. The molecule has 0 spiro atoms. The Bertz CT molecular complexity index is 968. The van der Waals surface area contributed by atoms with Gasteiger partial charge >= 0.3 is 0 Å². The molecule has 0 N–H and O–H groups in total. The number of carbonyl (C=O) groups is 1. The van der Waals surface area contributed by atoms with Gasteiger partial charge in [0.1, 0.15) is 12.4 Å². The first-order chi connectivity index (χ1) is 16.3. The Labute approximate surface area is 197 Å². The fourth-order valence-corrected chi connectivity index (χ4v) is 4.52. The predicted molar refractivity (Wildman–Crippen MR) is 132 cm³/mol. The van der Waals surface area contributed by atoms with Gasteiger partial charge in [-0.25, -0.2) is 0 Å². The Hall–Kier alpha value is -3.14. The standard InChI is InChI=1S/C29H34N2O2/c32-29(18-15-24-8-4-5-9-24)31(21-19-27-12-6-7-20-30-27)22-25-13-16-28(17-14-25)33-23-26-10-2-1-3-11-26/h1-3,6-7,10-14,16-17,20,24H,4-5,8-9,15,18-19,21-23H2. The Kier molecular flexibility index (Phi) is 8.51. The van der Waals surface area contributed by atoms with Crippen LogP contribution in [0.5, 0.6) is 5.75 Å². The van der Waals surface area contributed by atoms with E-state index in [1.807, 2.05) is 59.6 Å². The lowest BCUT2D eigenvalue weighted by Gasteiger charge is -2.24. The van der Waals surface area contributed by atoms with Gasteiger partial charge in [0.25, 0.3) is 0 Å². The van der Waals surface area contributed by atoms with Crippen molar-refractivity contribution in [1.29, 1.82) is 0 Å². The van der Waals surface area contributed by atoms with E-state index in [4.69, 9.17) is 4.74 Å². The van der Waals surface area contributed by atoms with Gasteiger partial charge < -0.3 is 9.64 Å².